The molecule has 0 aliphatic heterocycles. The van der Waals surface area contributed by atoms with E-state index >= 15 is 0 Å². The van der Waals surface area contributed by atoms with E-state index in [1.54, 1.807) is 6.07 Å². The van der Waals surface area contributed by atoms with Crippen molar-refractivity contribution < 1.29 is 0 Å². The molecule has 1 aliphatic carbocycles. The Labute approximate surface area is 129 Å². The summed E-state index contributed by atoms with van der Waals surface area (Å²) in [6, 6.07) is 13.0. The number of halogens is 2. The van der Waals surface area contributed by atoms with Gasteiger partial charge in [0, 0.05) is 22.6 Å². The molecule has 1 fully saturated rings. The number of nitrogens with one attached hydrogen (secondary N) is 1. The van der Waals surface area contributed by atoms with Gasteiger partial charge in [0.15, 0.2) is 0 Å². The van der Waals surface area contributed by atoms with E-state index in [1.807, 2.05) is 12.1 Å². The smallest absolute Gasteiger partial charge is 0.0426 e. The quantitative estimate of drug-likeness (QED) is 0.816. The molecule has 0 atom stereocenters. The van der Waals surface area contributed by atoms with Crippen LogP contribution in [0.5, 0.6) is 0 Å². The number of hydrogen-bond donors (Lipinski definition) is 1. The maximum absolute atomic E-state index is 6.11. The van der Waals surface area contributed by atoms with E-state index in [9.17, 15) is 0 Å². The van der Waals surface area contributed by atoms with Gasteiger partial charge in [-0.3, -0.25) is 0 Å². The Balaban J connectivity index is 1.91. The van der Waals surface area contributed by atoms with Gasteiger partial charge in [-0.05, 0) is 66.3 Å². The average Bonchev–Trinajstić information content (AvgIpc) is 3.20. The maximum Gasteiger partial charge on any atom is 0.0426 e. The highest BCUT2D eigenvalue weighted by Gasteiger charge is 2.20. The van der Waals surface area contributed by atoms with Crippen LogP contribution in [-0.2, 0) is 6.54 Å². The van der Waals surface area contributed by atoms with E-state index in [0.29, 0.717) is 10.0 Å². The lowest BCUT2D eigenvalue weighted by molar-refractivity contribution is 0.688. The third kappa shape index (κ3) is 3.35. The van der Waals surface area contributed by atoms with Crippen molar-refractivity contribution in [3.05, 3.63) is 57.6 Å². The van der Waals surface area contributed by atoms with E-state index in [2.05, 4.69) is 30.4 Å². The zero-order valence-corrected chi connectivity index (χ0v) is 12.9. The molecular formula is C17H17Cl2N. The van der Waals surface area contributed by atoms with Gasteiger partial charge in [-0.25, -0.2) is 0 Å². The Bertz CT molecular complexity index is 613. The Morgan fingerprint density at radius 2 is 1.75 bits per heavy atom. The second-order valence-corrected chi connectivity index (χ2v) is 6.34. The first-order chi connectivity index (χ1) is 9.61. The fourth-order valence-corrected chi connectivity index (χ4v) is 2.88. The van der Waals surface area contributed by atoms with Gasteiger partial charge in [0.05, 0.1) is 0 Å². The van der Waals surface area contributed by atoms with Crippen LogP contribution >= 0.6 is 23.2 Å². The van der Waals surface area contributed by atoms with E-state index in [4.69, 9.17) is 23.2 Å². The normalized spacial score (nSPS) is 14.6. The van der Waals surface area contributed by atoms with Crippen molar-refractivity contribution in [3.8, 4) is 11.1 Å². The van der Waals surface area contributed by atoms with Crippen molar-refractivity contribution in [1.82, 2.24) is 5.32 Å². The first-order valence-corrected chi connectivity index (χ1v) is 7.67. The lowest BCUT2D eigenvalue weighted by Gasteiger charge is -2.11. The summed E-state index contributed by atoms with van der Waals surface area (Å²) in [6.45, 7) is 3.04. The van der Waals surface area contributed by atoms with Crippen molar-refractivity contribution >= 4 is 23.2 Å². The predicted octanol–water partition coefficient (Wildman–Crippen LogP) is 5.22. The Hall–Kier alpha value is -1.02. The van der Waals surface area contributed by atoms with Crippen LogP contribution in [0.25, 0.3) is 11.1 Å². The summed E-state index contributed by atoms with van der Waals surface area (Å²) in [4.78, 5) is 0. The van der Waals surface area contributed by atoms with E-state index < -0.39 is 0 Å². The van der Waals surface area contributed by atoms with Gasteiger partial charge >= 0.3 is 0 Å². The highest BCUT2D eigenvalue weighted by Crippen LogP contribution is 2.30. The molecule has 0 aromatic heterocycles. The summed E-state index contributed by atoms with van der Waals surface area (Å²) >= 11 is 12.2. The number of rotatable bonds is 4. The van der Waals surface area contributed by atoms with E-state index in [1.165, 1.54) is 29.5 Å². The fourth-order valence-electron chi connectivity index (χ4n) is 2.35. The highest BCUT2D eigenvalue weighted by molar-refractivity contribution is 6.35. The van der Waals surface area contributed by atoms with Crippen LogP contribution in [-0.4, -0.2) is 6.04 Å². The molecular weight excluding hydrogens is 289 g/mol. The van der Waals surface area contributed by atoms with Gasteiger partial charge in [0.1, 0.15) is 0 Å². The molecule has 104 valence electrons. The predicted molar refractivity (Wildman–Crippen MR) is 86.5 cm³/mol. The number of benzene rings is 2. The van der Waals surface area contributed by atoms with Crippen LogP contribution in [0.2, 0.25) is 10.0 Å². The van der Waals surface area contributed by atoms with Crippen LogP contribution in [0.1, 0.15) is 24.0 Å². The monoisotopic (exact) mass is 305 g/mol. The van der Waals surface area contributed by atoms with Crippen molar-refractivity contribution in [2.75, 3.05) is 0 Å². The van der Waals surface area contributed by atoms with Crippen LogP contribution in [0.15, 0.2) is 36.4 Å². The molecule has 0 radical (unpaired) electrons. The lowest BCUT2D eigenvalue weighted by atomic mass is 9.98. The topological polar surface area (TPSA) is 12.0 Å². The molecule has 1 nitrogen and oxygen atoms in total. The molecule has 1 aliphatic rings. The summed E-state index contributed by atoms with van der Waals surface area (Å²) < 4.78 is 0. The van der Waals surface area contributed by atoms with Crippen LogP contribution in [0.4, 0.5) is 0 Å². The summed E-state index contributed by atoms with van der Waals surface area (Å²) in [5.41, 5.74) is 4.81. The molecule has 0 saturated heterocycles. The first kappa shape index (κ1) is 13.9. The van der Waals surface area contributed by atoms with Gasteiger partial charge < -0.3 is 5.32 Å². The second-order valence-electron chi connectivity index (χ2n) is 5.46. The molecule has 0 bridgehead atoms. The van der Waals surface area contributed by atoms with Crippen molar-refractivity contribution in [3.63, 3.8) is 0 Å². The molecule has 0 unspecified atom stereocenters. The highest BCUT2D eigenvalue weighted by atomic mass is 35.5. The Morgan fingerprint density at radius 3 is 2.40 bits per heavy atom. The van der Waals surface area contributed by atoms with Crippen molar-refractivity contribution in [2.24, 2.45) is 0 Å². The van der Waals surface area contributed by atoms with Crippen molar-refractivity contribution in [2.45, 2.75) is 32.4 Å². The molecule has 2 aromatic rings. The maximum atomic E-state index is 6.11. The minimum atomic E-state index is 0.674. The van der Waals surface area contributed by atoms with Gasteiger partial charge in [-0.2, -0.15) is 0 Å². The minimum Gasteiger partial charge on any atom is -0.310 e. The molecule has 0 heterocycles. The molecule has 1 saturated carbocycles. The van der Waals surface area contributed by atoms with Crippen LogP contribution in [0.3, 0.4) is 0 Å². The van der Waals surface area contributed by atoms with Gasteiger partial charge in [0.2, 0.25) is 0 Å². The summed E-state index contributed by atoms with van der Waals surface area (Å²) in [6.07, 6.45) is 2.62. The molecule has 20 heavy (non-hydrogen) atoms. The number of hydrogen-bond acceptors (Lipinski definition) is 1. The molecule has 3 rings (SSSR count). The largest absolute Gasteiger partial charge is 0.310 e. The average molecular weight is 306 g/mol. The molecule has 3 heteroatoms. The third-order valence-corrected chi connectivity index (χ3v) is 4.08. The first-order valence-electron chi connectivity index (χ1n) is 6.91. The Kier molecular flexibility index (Phi) is 4.02. The zero-order chi connectivity index (χ0) is 14.1. The SMILES string of the molecule is Cc1ccc(CNC2CC2)cc1-c1cc(Cl)cc(Cl)c1. The fraction of sp³-hybridized carbons (Fsp3) is 0.294. The number of aryl methyl sites for hydroxylation is 1. The van der Waals surface area contributed by atoms with Crippen LogP contribution in [0, 0.1) is 6.92 Å². The molecule has 0 spiro atoms. The zero-order valence-electron chi connectivity index (χ0n) is 11.4. The molecule has 1 N–H and O–H groups in total. The second kappa shape index (κ2) is 5.77. The lowest BCUT2D eigenvalue weighted by Crippen LogP contribution is -2.15. The summed E-state index contributed by atoms with van der Waals surface area (Å²) in [7, 11) is 0. The van der Waals surface area contributed by atoms with E-state index in [0.717, 1.165) is 18.2 Å². The minimum absolute atomic E-state index is 0.674. The Morgan fingerprint density at radius 1 is 1.05 bits per heavy atom. The van der Waals surface area contributed by atoms with Crippen molar-refractivity contribution in [1.29, 1.82) is 0 Å². The summed E-state index contributed by atoms with van der Waals surface area (Å²) in [5, 5.41) is 4.89. The molecule has 0 amide bonds. The van der Waals surface area contributed by atoms with Gasteiger partial charge in [-0.15, -0.1) is 0 Å². The standard InChI is InChI=1S/C17H17Cl2N/c1-11-2-3-12(10-20-16-4-5-16)6-17(11)13-7-14(18)9-15(19)8-13/h2-3,6-9,16,20H,4-5,10H2,1H3. The molecule has 2 aromatic carbocycles. The third-order valence-electron chi connectivity index (χ3n) is 3.65. The van der Waals surface area contributed by atoms with Gasteiger partial charge in [0.25, 0.3) is 0 Å². The summed E-state index contributed by atoms with van der Waals surface area (Å²) in [5.74, 6) is 0. The van der Waals surface area contributed by atoms with E-state index in [-0.39, 0.29) is 0 Å². The van der Waals surface area contributed by atoms with Gasteiger partial charge in [-0.1, -0.05) is 35.3 Å². The van der Waals surface area contributed by atoms with Crippen LogP contribution < -0.4 is 5.32 Å².